The molecule has 0 saturated carbocycles. The number of H-pyrrole nitrogens is 1. The minimum absolute atomic E-state index is 0. The van der Waals surface area contributed by atoms with E-state index in [9.17, 15) is 35.9 Å². The third-order valence-electron chi connectivity index (χ3n) is 7.37. The molecule has 2 heterocycles. The second-order valence-corrected chi connectivity index (χ2v) is 10.3. The van der Waals surface area contributed by atoms with Crippen LogP contribution in [0.25, 0.3) is 10.9 Å². The highest BCUT2D eigenvalue weighted by Gasteiger charge is 2.37. The number of aromatic nitrogens is 1. The van der Waals surface area contributed by atoms with Crippen molar-refractivity contribution >= 4 is 35.0 Å². The third kappa shape index (κ3) is 8.97. The Bertz CT molecular complexity index is 1300. The van der Waals surface area contributed by atoms with E-state index in [4.69, 9.17) is 0 Å². The number of carbonyl (C=O) groups excluding carboxylic acids is 2. The standard InChI is InChI=1S/C29H31F6N3O2.ClH/c30-28(31,32)21-13-19(14-22(16-21)29(33,34)35)5-7-26(39)25(15-20-17-37-24-4-2-1-3-23(20)24)38-27(40)8-6-18-9-11-36-12-10-18;/h1-4,13-14,16-18,25,36-37H,5-12,15H2,(H,38,40);1H. The average Bonchev–Trinajstić information content (AvgIpc) is 3.32. The molecule has 5 nitrogen and oxygen atoms in total. The summed E-state index contributed by atoms with van der Waals surface area (Å²) in [5.41, 5.74) is -1.49. The number of nitrogens with one attached hydrogen (secondary N) is 3. The molecule has 1 unspecified atom stereocenters. The molecule has 1 fully saturated rings. The number of halogens is 7. The molecule has 0 radical (unpaired) electrons. The van der Waals surface area contributed by atoms with E-state index >= 15 is 0 Å². The minimum Gasteiger partial charge on any atom is -0.361 e. The number of aryl methyl sites for hydroxylation is 1. The van der Waals surface area contributed by atoms with Crippen LogP contribution in [0.2, 0.25) is 0 Å². The van der Waals surface area contributed by atoms with Crippen molar-refractivity contribution in [1.29, 1.82) is 0 Å². The van der Waals surface area contributed by atoms with Crippen LogP contribution in [0, 0.1) is 5.92 Å². The molecule has 3 aromatic rings. The van der Waals surface area contributed by atoms with Crippen molar-refractivity contribution in [3.63, 3.8) is 0 Å². The van der Waals surface area contributed by atoms with Crippen LogP contribution in [0.5, 0.6) is 0 Å². The van der Waals surface area contributed by atoms with Gasteiger partial charge < -0.3 is 15.6 Å². The fourth-order valence-corrected chi connectivity index (χ4v) is 5.14. The molecule has 2 aromatic carbocycles. The fourth-order valence-electron chi connectivity index (χ4n) is 5.14. The van der Waals surface area contributed by atoms with Gasteiger partial charge in [0.2, 0.25) is 5.91 Å². The molecule has 1 aromatic heterocycles. The van der Waals surface area contributed by atoms with Gasteiger partial charge in [0.25, 0.3) is 0 Å². The molecule has 0 aliphatic carbocycles. The lowest BCUT2D eigenvalue weighted by Crippen LogP contribution is -2.42. The fraction of sp³-hybridized carbons (Fsp3) is 0.448. The highest BCUT2D eigenvalue weighted by atomic mass is 35.5. The number of aromatic amines is 1. The van der Waals surface area contributed by atoms with Gasteiger partial charge in [-0.3, -0.25) is 9.59 Å². The van der Waals surface area contributed by atoms with Crippen LogP contribution in [-0.4, -0.2) is 35.8 Å². The number of hydrogen-bond donors (Lipinski definition) is 3. The number of piperidine rings is 1. The molecule has 1 aliphatic heterocycles. The second kappa shape index (κ2) is 13.7. The predicted molar refractivity (Wildman–Crippen MR) is 146 cm³/mol. The van der Waals surface area contributed by atoms with E-state index in [1.165, 1.54) is 0 Å². The number of ketones is 1. The highest BCUT2D eigenvalue weighted by Crippen LogP contribution is 2.36. The molecular formula is C29H32ClF6N3O2. The molecule has 0 bridgehead atoms. The predicted octanol–water partition coefficient (Wildman–Crippen LogP) is 6.64. The van der Waals surface area contributed by atoms with Crippen molar-refractivity contribution < 1.29 is 35.9 Å². The summed E-state index contributed by atoms with van der Waals surface area (Å²) in [7, 11) is 0. The zero-order valence-electron chi connectivity index (χ0n) is 22.1. The van der Waals surface area contributed by atoms with Gasteiger partial charge in [-0.15, -0.1) is 12.4 Å². The van der Waals surface area contributed by atoms with E-state index in [0.717, 1.165) is 42.4 Å². The van der Waals surface area contributed by atoms with Crippen LogP contribution in [0.15, 0.2) is 48.7 Å². The topological polar surface area (TPSA) is 74.0 Å². The smallest absolute Gasteiger partial charge is 0.361 e. The summed E-state index contributed by atoms with van der Waals surface area (Å²) in [4.78, 5) is 29.3. The summed E-state index contributed by atoms with van der Waals surface area (Å²) in [5, 5.41) is 6.91. The minimum atomic E-state index is -4.97. The van der Waals surface area contributed by atoms with E-state index in [1.54, 1.807) is 6.20 Å². The lowest BCUT2D eigenvalue weighted by molar-refractivity contribution is -0.143. The average molecular weight is 604 g/mol. The Morgan fingerprint density at radius 2 is 1.56 bits per heavy atom. The maximum Gasteiger partial charge on any atom is 0.416 e. The Morgan fingerprint density at radius 3 is 2.20 bits per heavy atom. The molecule has 1 aliphatic rings. The number of Topliss-reactive ketones (excluding diaryl/α,β-unsaturated/α-hetero) is 1. The number of benzene rings is 2. The van der Waals surface area contributed by atoms with Gasteiger partial charge in [0, 0.05) is 36.4 Å². The number of hydrogen-bond acceptors (Lipinski definition) is 3. The quantitative estimate of drug-likeness (QED) is 0.228. The Labute approximate surface area is 239 Å². The molecule has 0 spiro atoms. The monoisotopic (exact) mass is 603 g/mol. The van der Waals surface area contributed by atoms with Gasteiger partial charge in [0.15, 0.2) is 5.78 Å². The largest absolute Gasteiger partial charge is 0.416 e. The SMILES string of the molecule is Cl.O=C(CCC1CCNCC1)NC(Cc1c[nH]c2ccccc12)C(=O)CCc1cc(C(F)(F)F)cc(C(F)(F)F)c1. The number of fused-ring (bicyclic) bond motifs is 1. The van der Waals surface area contributed by atoms with Crippen molar-refractivity contribution in [3.8, 4) is 0 Å². The van der Waals surface area contributed by atoms with Gasteiger partial charge >= 0.3 is 12.4 Å². The lowest BCUT2D eigenvalue weighted by atomic mass is 9.92. The van der Waals surface area contributed by atoms with Crippen molar-refractivity contribution in [2.75, 3.05) is 13.1 Å². The summed E-state index contributed by atoms with van der Waals surface area (Å²) >= 11 is 0. The Morgan fingerprint density at radius 1 is 0.927 bits per heavy atom. The molecule has 1 atom stereocenters. The maximum absolute atomic E-state index is 13.3. The summed E-state index contributed by atoms with van der Waals surface area (Å²) in [5.74, 6) is -0.375. The molecular weight excluding hydrogens is 572 g/mol. The maximum atomic E-state index is 13.3. The van der Waals surface area contributed by atoms with E-state index in [2.05, 4.69) is 15.6 Å². The highest BCUT2D eigenvalue weighted by molar-refractivity contribution is 5.91. The first kappa shape index (κ1) is 32.5. The zero-order valence-corrected chi connectivity index (χ0v) is 22.9. The summed E-state index contributed by atoms with van der Waals surface area (Å²) in [6.45, 7) is 1.78. The Hall–Kier alpha value is -3.05. The van der Waals surface area contributed by atoms with Crippen molar-refractivity contribution in [3.05, 3.63) is 70.9 Å². The van der Waals surface area contributed by atoms with Gasteiger partial charge in [-0.25, -0.2) is 0 Å². The van der Waals surface area contributed by atoms with Gasteiger partial charge in [0.1, 0.15) is 0 Å². The van der Waals surface area contributed by atoms with Crippen LogP contribution >= 0.6 is 12.4 Å². The molecule has 12 heteroatoms. The van der Waals surface area contributed by atoms with Crippen molar-refractivity contribution in [1.82, 2.24) is 15.6 Å². The number of carbonyl (C=O) groups is 2. The lowest BCUT2D eigenvalue weighted by Gasteiger charge is -2.23. The number of rotatable bonds is 10. The first-order chi connectivity index (χ1) is 18.9. The number of para-hydroxylation sites is 1. The first-order valence-electron chi connectivity index (χ1n) is 13.3. The van der Waals surface area contributed by atoms with E-state index in [1.807, 2.05) is 24.3 Å². The molecule has 4 rings (SSSR count). The van der Waals surface area contributed by atoms with Crippen molar-refractivity contribution in [2.45, 2.75) is 63.3 Å². The van der Waals surface area contributed by atoms with Gasteiger partial charge in [-0.05, 0) is 80.1 Å². The zero-order chi connectivity index (χ0) is 28.9. The molecule has 41 heavy (non-hydrogen) atoms. The number of amides is 1. The summed E-state index contributed by atoms with van der Waals surface area (Å²) in [6, 6.07) is 7.75. The Kier molecular flexibility index (Phi) is 10.9. The Balaban J connectivity index is 0.00000462. The van der Waals surface area contributed by atoms with Gasteiger partial charge in [-0.1, -0.05) is 18.2 Å². The van der Waals surface area contributed by atoms with Crippen LogP contribution in [-0.2, 0) is 34.8 Å². The molecule has 224 valence electrons. The van der Waals surface area contributed by atoms with Crippen LogP contribution < -0.4 is 10.6 Å². The number of alkyl halides is 6. The third-order valence-corrected chi connectivity index (χ3v) is 7.37. The molecule has 1 saturated heterocycles. The molecule has 3 N–H and O–H groups in total. The summed E-state index contributed by atoms with van der Waals surface area (Å²) < 4.78 is 79.6. The normalized spacial score (nSPS) is 15.4. The van der Waals surface area contributed by atoms with Gasteiger partial charge in [-0.2, -0.15) is 26.3 Å². The van der Waals surface area contributed by atoms with E-state index in [0.29, 0.717) is 24.5 Å². The summed E-state index contributed by atoms with van der Waals surface area (Å²) in [6.07, 6.45) is -5.92. The van der Waals surface area contributed by atoms with E-state index < -0.39 is 35.3 Å². The first-order valence-corrected chi connectivity index (χ1v) is 13.3. The second-order valence-electron chi connectivity index (χ2n) is 10.3. The van der Waals surface area contributed by atoms with Crippen molar-refractivity contribution in [2.24, 2.45) is 5.92 Å². The van der Waals surface area contributed by atoms with Crippen LogP contribution in [0.1, 0.15) is 54.4 Å². The van der Waals surface area contributed by atoms with Gasteiger partial charge in [0.05, 0.1) is 17.2 Å². The van der Waals surface area contributed by atoms with Crippen LogP contribution in [0.3, 0.4) is 0 Å². The van der Waals surface area contributed by atoms with E-state index in [-0.39, 0.29) is 55.6 Å². The molecule has 1 amide bonds. The van der Waals surface area contributed by atoms with Crippen LogP contribution in [0.4, 0.5) is 26.3 Å².